The number of rotatable bonds is 10. The minimum Gasteiger partial charge on any atom is -0.489 e. The Balaban J connectivity index is 1.85. The molecule has 17 heteroatoms. The number of ether oxygens (including phenoxy) is 3. The molecule has 0 radical (unpaired) electrons. The third-order valence-electron chi connectivity index (χ3n) is 7.38. The molecule has 2 aliphatic rings. The highest BCUT2D eigenvalue weighted by atomic mass is 35.5. The number of hydrogen-bond acceptors (Lipinski definition) is 7. The molecular weight excluding hydrogens is 685 g/mol. The van der Waals surface area contributed by atoms with E-state index < -0.39 is 89.3 Å². The minimum atomic E-state index is -5.00. The Bertz CT molecular complexity index is 1570. The Hall–Kier alpha value is -4.08. The highest BCUT2D eigenvalue weighted by Crippen LogP contribution is 2.50. The molecule has 4 atom stereocenters. The van der Waals surface area contributed by atoms with Crippen molar-refractivity contribution < 1.29 is 50.4 Å². The summed E-state index contributed by atoms with van der Waals surface area (Å²) in [4.78, 5) is 23.2. The normalized spacial score (nSPS) is 24.8. The zero-order valence-corrected chi connectivity index (χ0v) is 25.8. The molecule has 2 aromatic rings. The molecule has 0 saturated carbocycles. The fraction of sp³-hybridized carbons (Fsp3) is 0.333. The van der Waals surface area contributed by atoms with Gasteiger partial charge in [-0.1, -0.05) is 59.6 Å². The Labute approximate surface area is 273 Å². The zero-order chi connectivity index (χ0) is 34.9. The SMILES string of the molecule is CCOC1=C(Cl)C(OC2C=CC(c3ccccc3C(F)(F)F)([N+](=O)[O-])C(OCC)=C2Cl)C=CC1(c1ccccc1C(F)(F)F)[N+](=O)[O-]. The monoisotopic (exact) mass is 708 g/mol. The summed E-state index contributed by atoms with van der Waals surface area (Å²) in [6.07, 6.45) is -9.36. The van der Waals surface area contributed by atoms with Crippen LogP contribution in [0, 0.1) is 20.2 Å². The summed E-state index contributed by atoms with van der Waals surface area (Å²) >= 11 is 13.1. The lowest BCUT2D eigenvalue weighted by Gasteiger charge is -2.35. The van der Waals surface area contributed by atoms with Crippen molar-refractivity contribution in [2.24, 2.45) is 0 Å². The summed E-state index contributed by atoms with van der Waals surface area (Å²) < 4.78 is 101. The molecule has 9 nitrogen and oxygen atoms in total. The van der Waals surface area contributed by atoms with Gasteiger partial charge in [-0.05, 0) is 38.1 Å². The Morgan fingerprint density at radius 1 is 0.702 bits per heavy atom. The number of alkyl halides is 6. The molecule has 0 spiro atoms. The van der Waals surface area contributed by atoms with E-state index in [1.807, 2.05) is 0 Å². The molecule has 252 valence electrons. The van der Waals surface area contributed by atoms with Gasteiger partial charge in [0.15, 0.2) is 11.5 Å². The van der Waals surface area contributed by atoms with Crippen molar-refractivity contribution >= 4 is 23.2 Å². The third-order valence-corrected chi connectivity index (χ3v) is 8.16. The number of nitro groups is 2. The fourth-order valence-electron chi connectivity index (χ4n) is 5.44. The van der Waals surface area contributed by atoms with E-state index in [-0.39, 0.29) is 13.2 Å². The molecule has 2 aliphatic carbocycles. The fourth-order valence-corrected chi connectivity index (χ4v) is 6.09. The summed E-state index contributed by atoms with van der Waals surface area (Å²) in [5.74, 6) is -1.39. The maximum Gasteiger partial charge on any atom is 0.416 e. The minimum absolute atomic E-state index is 0.266. The standard InChI is InChI=1S/C30H24Cl2F6N2O7/c1-3-45-25-23(31)21(13-15-27(25,39(41)42)17-9-5-7-11-19(17)29(33,34)35)47-22-14-16-28(40(43)44,26(24(22)32)46-4-2)18-10-6-8-12-20(18)30(36,37)38/h5-16,21-22H,3-4H2,1-2H3. The van der Waals surface area contributed by atoms with Gasteiger partial charge >= 0.3 is 23.4 Å². The van der Waals surface area contributed by atoms with E-state index in [2.05, 4.69) is 0 Å². The molecule has 4 rings (SSSR count). The highest BCUT2D eigenvalue weighted by molar-refractivity contribution is 6.31. The summed E-state index contributed by atoms with van der Waals surface area (Å²) in [6, 6.07) is 7.62. The molecule has 0 bridgehead atoms. The molecule has 0 amide bonds. The first kappa shape index (κ1) is 35.8. The largest absolute Gasteiger partial charge is 0.489 e. The molecule has 0 aromatic heterocycles. The van der Waals surface area contributed by atoms with Crippen molar-refractivity contribution in [3.8, 4) is 0 Å². The molecule has 47 heavy (non-hydrogen) atoms. The second-order valence-corrected chi connectivity index (χ2v) is 10.9. The summed E-state index contributed by atoms with van der Waals surface area (Å²) in [6.45, 7) is 2.30. The lowest BCUT2D eigenvalue weighted by atomic mass is 9.80. The molecule has 0 fully saturated rings. The van der Waals surface area contributed by atoms with Gasteiger partial charge in [0.25, 0.3) is 0 Å². The van der Waals surface area contributed by atoms with Crippen LogP contribution in [0.25, 0.3) is 0 Å². The van der Waals surface area contributed by atoms with Crippen molar-refractivity contribution in [2.75, 3.05) is 13.2 Å². The van der Waals surface area contributed by atoms with E-state index >= 15 is 0 Å². The van der Waals surface area contributed by atoms with Crippen LogP contribution in [-0.2, 0) is 37.6 Å². The summed E-state index contributed by atoms with van der Waals surface area (Å²) in [5, 5.41) is 24.1. The Kier molecular flexibility index (Phi) is 10.0. The van der Waals surface area contributed by atoms with Gasteiger partial charge in [-0.25, -0.2) is 0 Å². The maximum atomic E-state index is 14.0. The van der Waals surface area contributed by atoms with Crippen LogP contribution in [0.5, 0.6) is 0 Å². The zero-order valence-electron chi connectivity index (χ0n) is 24.3. The van der Waals surface area contributed by atoms with E-state index in [1.54, 1.807) is 0 Å². The predicted octanol–water partition coefficient (Wildman–Crippen LogP) is 8.24. The smallest absolute Gasteiger partial charge is 0.416 e. The molecule has 0 saturated heterocycles. The lowest BCUT2D eigenvalue weighted by molar-refractivity contribution is -0.558. The average Bonchev–Trinajstić information content (AvgIpc) is 3.00. The topological polar surface area (TPSA) is 114 Å². The van der Waals surface area contributed by atoms with Gasteiger partial charge in [0.1, 0.15) is 12.2 Å². The van der Waals surface area contributed by atoms with Gasteiger partial charge in [0.2, 0.25) is 0 Å². The van der Waals surface area contributed by atoms with E-state index in [4.69, 9.17) is 37.4 Å². The van der Waals surface area contributed by atoms with Crippen molar-refractivity contribution in [3.05, 3.63) is 137 Å². The first-order valence-corrected chi connectivity index (χ1v) is 14.5. The maximum absolute atomic E-state index is 14.0. The van der Waals surface area contributed by atoms with Crippen molar-refractivity contribution in [1.82, 2.24) is 0 Å². The van der Waals surface area contributed by atoms with Crippen LogP contribution >= 0.6 is 23.2 Å². The van der Waals surface area contributed by atoms with Crippen LogP contribution in [-0.4, -0.2) is 35.3 Å². The quantitative estimate of drug-likeness (QED) is 0.106. The van der Waals surface area contributed by atoms with Gasteiger partial charge in [-0.15, -0.1) is 0 Å². The van der Waals surface area contributed by atoms with Crippen LogP contribution in [0.1, 0.15) is 36.1 Å². The van der Waals surface area contributed by atoms with Crippen LogP contribution in [0.2, 0.25) is 0 Å². The summed E-state index contributed by atoms with van der Waals surface area (Å²) in [5.41, 5.74) is -9.72. The molecule has 0 aliphatic heterocycles. The second kappa shape index (κ2) is 13.2. The van der Waals surface area contributed by atoms with Gasteiger partial charge < -0.3 is 14.2 Å². The van der Waals surface area contributed by atoms with Gasteiger partial charge in [0.05, 0.1) is 45.5 Å². The van der Waals surface area contributed by atoms with Crippen LogP contribution < -0.4 is 0 Å². The third kappa shape index (κ3) is 6.19. The molecular formula is C30H24Cl2F6N2O7. The van der Waals surface area contributed by atoms with Gasteiger partial charge in [0, 0.05) is 22.0 Å². The highest BCUT2D eigenvalue weighted by Gasteiger charge is 2.58. The number of halogens is 8. The Morgan fingerprint density at radius 2 is 1.04 bits per heavy atom. The Morgan fingerprint density at radius 3 is 1.34 bits per heavy atom. The van der Waals surface area contributed by atoms with Crippen LogP contribution in [0.4, 0.5) is 26.3 Å². The van der Waals surface area contributed by atoms with E-state index in [0.717, 1.165) is 48.6 Å². The van der Waals surface area contributed by atoms with E-state index in [0.29, 0.717) is 12.1 Å². The van der Waals surface area contributed by atoms with Gasteiger partial charge in [-0.3, -0.25) is 20.2 Å². The van der Waals surface area contributed by atoms with Crippen molar-refractivity contribution in [2.45, 2.75) is 49.5 Å². The van der Waals surface area contributed by atoms with Crippen molar-refractivity contribution in [3.63, 3.8) is 0 Å². The first-order valence-electron chi connectivity index (χ1n) is 13.7. The summed E-state index contributed by atoms with van der Waals surface area (Å²) in [7, 11) is 0. The number of hydrogen-bond donors (Lipinski definition) is 0. The lowest BCUT2D eigenvalue weighted by Crippen LogP contribution is -2.44. The molecule has 0 N–H and O–H groups in total. The predicted molar refractivity (Wildman–Crippen MR) is 156 cm³/mol. The number of benzene rings is 2. The molecule has 0 heterocycles. The number of nitrogens with zero attached hydrogens (tertiary/aromatic N) is 2. The first-order chi connectivity index (χ1) is 22.0. The van der Waals surface area contributed by atoms with Crippen LogP contribution in [0.15, 0.2) is 94.4 Å². The van der Waals surface area contributed by atoms with E-state index in [1.165, 1.54) is 26.0 Å². The second-order valence-electron chi connectivity index (χ2n) is 10.0. The average molecular weight is 709 g/mol. The van der Waals surface area contributed by atoms with Crippen LogP contribution in [0.3, 0.4) is 0 Å². The molecule has 2 aromatic carbocycles. The van der Waals surface area contributed by atoms with E-state index in [9.17, 15) is 46.6 Å². The van der Waals surface area contributed by atoms with Gasteiger partial charge in [-0.2, -0.15) is 26.3 Å². The van der Waals surface area contributed by atoms with Crippen molar-refractivity contribution in [1.29, 1.82) is 0 Å². The molecule has 4 unspecified atom stereocenters.